The first-order valence-corrected chi connectivity index (χ1v) is 8.07. The number of rotatable bonds is 5. The Morgan fingerprint density at radius 2 is 2.13 bits per heavy atom. The van der Waals surface area contributed by atoms with Gasteiger partial charge in [0.1, 0.15) is 5.75 Å². The van der Waals surface area contributed by atoms with Crippen LogP contribution in [0.5, 0.6) is 5.75 Å². The van der Waals surface area contributed by atoms with Gasteiger partial charge in [0.2, 0.25) is 0 Å². The highest BCUT2D eigenvalue weighted by molar-refractivity contribution is 7.84. The van der Waals surface area contributed by atoms with E-state index in [0.29, 0.717) is 16.7 Å². The van der Waals surface area contributed by atoms with Crippen molar-refractivity contribution in [3.05, 3.63) is 47.8 Å². The van der Waals surface area contributed by atoms with Crippen LogP contribution in [0.3, 0.4) is 0 Å². The van der Waals surface area contributed by atoms with E-state index in [4.69, 9.17) is 0 Å². The number of halogens is 2. The average Bonchev–Trinajstić information content (AvgIpc) is 2.92. The number of aryl methyl sites for hydroxylation is 1. The quantitative estimate of drug-likeness (QED) is 0.776. The number of ether oxygens (including phenoxy) is 1. The average molecular weight is 337 g/mol. The lowest BCUT2D eigenvalue weighted by atomic mass is 10.3. The Kier molecular flexibility index (Phi) is 4.33. The van der Waals surface area contributed by atoms with Crippen LogP contribution in [0.4, 0.5) is 8.78 Å². The van der Waals surface area contributed by atoms with E-state index in [-0.39, 0.29) is 16.7 Å². The van der Waals surface area contributed by atoms with Gasteiger partial charge in [-0.25, -0.2) is 4.98 Å². The minimum Gasteiger partial charge on any atom is -0.435 e. The second-order valence-corrected chi connectivity index (χ2v) is 6.28. The Labute approximate surface area is 133 Å². The van der Waals surface area contributed by atoms with Crippen LogP contribution in [0.1, 0.15) is 11.3 Å². The van der Waals surface area contributed by atoms with Crippen LogP contribution in [-0.4, -0.2) is 25.8 Å². The van der Waals surface area contributed by atoms with Crippen molar-refractivity contribution in [2.24, 2.45) is 0 Å². The Morgan fingerprint density at radius 1 is 1.30 bits per heavy atom. The van der Waals surface area contributed by atoms with E-state index < -0.39 is 17.4 Å². The molecule has 1 atom stereocenters. The van der Waals surface area contributed by atoms with Crippen molar-refractivity contribution in [3.8, 4) is 5.75 Å². The van der Waals surface area contributed by atoms with Gasteiger partial charge in [-0.2, -0.15) is 8.78 Å². The zero-order valence-corrected chi connectivity index (χ0v) is 12.9. The Hall–Kier alpha value is -2.35. The fraction of sp³-hybridized carbons (Fsp3) is 0.200. The molecule has 0 spiro atoms. The molecular weight excluding hydrogens is 324 g/mol. The second-order valence-electron chi connectivity index (χ2n) is 4.92. The van der Waals surface area contributed by atoms with E-state index in [2.05, 4.69) is 19.7 Å². The molecular formula is C15H13F2N3O2S. The highest BCUT2D eigenvalue weighted by Gasteiger charge is 2.13. The molecule has 0 aliphatic heterocycles. The summed E-state index contributed by atoms with van der Waals surface area (Å²) < 4.78 is 41.1. The first-order chi connectivity index (χ1) is 11.0. The first kappa shape index (κ1) is 15.5. The predicted octanol–water partition coefficient (Wildman–Crippen LogP) is 3.18. The smallest absolute Gasteiger partial charge is 0.387 e. The van der Waals surface area contributed by atoms with Crippen LogP contribution in [0.2, 0.25) is 0 Å². The molecule has 8 heteroatoms. The maximum Gasteiger partial charge on any atom is 0.387 e. The lowest BCUT2D eigenvalue weighted by Gasteiger charge is -2.02. The molecule has 1 aromatic carbocycles. The number of imidazole rings is 1. The molecule has 120 valence electrons. The van der Waals surface area contributed by atoms with Gasteiger partial charge in [0, 0.05) is 12.3 Å². The summed E-state index contributed by atoms with van der Waals surface area (Å²) in [7, 11) is -1.41. The van der Waals surface area contributed by atoms with Crippen molar-refractivity contribution >= 4 is 21.8 Å². The van der Waals surface area contributed by atoms with Crippen LogP contribution in [0, 0.1) is 6.92 Å². The fourth-order valence-electron chi connectivity index (χ4n) is 2.04. The third kappa shape index (κ3) is 3.70. The van der Waals surface area contributed by atoms with E-state index in [1.165, 1.54) is 18.2 Å². The molecule has 0 radical (unpaired) electrons. The molecule has 1 N–H and O–H groups in total. The Balaban J connectivity index is 1.81. The zero-order valence-electron chi connectivity index (χ0n) is 12.1. The first-order valence-electron chi connectivity index (χ1n) is 6.76. The minimum absolute atomic E-state index is 0.0219. The van der Waals surface area contributed by atoms with Crippen LogP contribution in [0.25, 0.3) is 11.0 Å². The van der Waals surface area contributed by atoms with Gasteiger partial charge < -0.3 is 9.72 Å². The summed E-state index contributed by atoms with van der Waals surface area (Å²) in [6.07, 6.45) is 1.71. The van der Waals surface area contributed by atoms with Crippen LogP contribution >= 0.6 is 0 Å². The highest BCUT2D eigenvalue weighted by Crippen LogP contribution is 2.22. The van der Waals surface area contributed by atoms with Gasteiger partial charge in [0.25, 0.3) is 0 Å². The highest BCUT2D eigenvalue weighted by atomic mass is 32.2. The van der Waals surface area contributed by atoms with Gasteiger partial charge in [0.15, 0.2) is 5.16 Å². The maximum atomic E-state index is 12.4. The van der Waals surface area contributed by atoms with Crippen LogP contribution in [0.15, 0.2) is 41.7 Å². The molecule has 0 aliphatic rings. The SMILES string of the molecule is Cc1ccc(CS(=O)c2nc3ccc(OC(F)F)cc3[nH]2)nc1. The number of aromatic amines is 1. The number of pyridine rings is 1. The van der Waals surface area contributed by atoms with Crippen molar-refractivity contribution in [1.29, 1.82) is 0 Å². The van der Waals surface area contributed by atoms with Gasteiger partial charge >= 0.3 is 6.61 Å². The molecule has 0 amide bonds. The summed E-state index contributed by atoms with van der Waals surface area (Å²) in [5.41, 5.74) is 2.74. The Morgan fingerprint density at radius 3 is 2.83 bits per heavy atom. The van der Waals surface area contributed by atoms with E-state index in [1.807, 2.05) is 19.1 Å². The molecule has 5 nitrogen and oxygen atoms in total. The predicted molar refractivity (Wildman–Crippen MR) is 81.8 cm³/mol. The van der Waals surface area contributed by atoms with Gasteiger partial charge in [-0.15, -0.1) is 0 Å². The number of nitrogens with one attached hydrogen (secondary N) is 1. The van der Waals surface area contributed by atoms with Crippen LogP contribution < -0.4 is 4.74 Å². The van der Waals surface area contributed by atoms with Gasteiger partial charge in [0.05, 0.1) is 33.3 Å². The van der Waals surface area contributed by atoms with Crippen molar-refractivity contribution in [2.45, 2.75) is 24.4 Å². The fourth-order valence-corrected chi connectivity index (χ4v) is 3.04. The minimum atomic E-state index is -2.89. The van der Waals surface area contributed by atoms with E-state index in [0.717, 1.165) is 5.56 Å². The molecule has 0 saturated heterocycles. The van der Waals surface area contributed by atoms with E-state index in [1.54, 1.807) is 6.20 Å². The van der Waals surface area contributed by atoms with Crippen molar-refractivity contribution < 1.29 is 17.7 Å². The standard InChI is InChI=1S/C15H13F2N3O2S/c1-9-2-3-10(18-7-9)8-23(21)15-19-12-5-4-11(22-14(16)17)6-13(12)20-15/h2-7,14H,8H2,1H3,(H,19,20). The largest absolute Gasteiger partial charge is 0.435 e. The summed E-state index contributed by atoms with van der Waals surface area (Å²) in [6.45, 7) is -0.969. The molecule has 3 aromatic rings. The van der Waals surface area contributed by atoms with E-state index >= 15 is 0 Å². The molecule has 0 bridgehead atoms. The van der Waals surface area contributed by atoms with Gasteiger partial charge in [-0.3, -0.25) is 9.19 Å². The lowest BCUT2D eigenvalue weighted by molar-refractivity contribution is -0.0497. The number of nitrogens with zero attached hydrogens (tertiary/aromatic N) is 2. The molecule has 23 heavy (non-hydrogen) atoms. The lowest BCUT2D eigenvalue weighted by Crippen LogP contribution is -2.01. The number of fused-ring (bicyclic) bond motifs is 1. The Bertz CT molecular complexity index is 850. The summed E-state index contributed by atoms with van der Waals surface area (Å²) >= 11 is 0. The molecule has 2 heterocycles. The zero-order chi connectivity index (χ0) is 16.4. The summed E-state index contributed by atoms with van der Waals surface area (Å²) in [5.74, 6) is 0.245. The summed E-state index contributed by atoms with van der Waals surface area (Å²) in [6, 6.07) is 8.04. The number of alkyl halides is 2. The van der Waals surface area contributed by atoms with Gasteiger partial charge in [-0.05, 0) is 30.7 Å². The molecule has 0 aliphatic carbocycles. The number of hydrogen-bond donors (Lipinski definition) is 1. The topological polar surface area (TPSA) is 67.9 Å². The second kappa shape index (κ2) is 6.41. The number of aromatic nitrogens is 3. The maximum absolute atomic E-state index is 12.4. The number of hydrogen-bond acceptors (Lipinski definition) is 4. The van der Waals surface area contributed by atoms with Crippen molar-refractivity contribution in [2.75, 3.05) is 0 Å². The third-order valence-corrected chi connectivity index (χ3v) is 4.31. The van der Waals surface area contributed by atoms with Crippen molar-refractivity contribution in [3.63, 3.8) is 0 Å². The molecule has 0 fully saturated rings. The molecule has 2 aromatic heterocycles. The summed E-state index contributed by atoms with van der Waals surface area (Å²) in [5, 5.41) is 0.275. The van der Waals surface area contributed by atoms with Crippen molar-refractivity contribution in [1.82, 2.24) is 15.0 Å². The van der Waals surface area contributed by atoms with E-state index in [9.17, 15) is 13.0 Å². The molecule has 1 unspecified atom stereocenters. The van der Waals surface area contributed by atoms with Gasteiger partial charge in [-0.1, -0.05) is 6.07 Å². The number of benzene rings is 1. The summed E-state index contributed by atoms with van der Waals surface area (Å²) in [4.78, 5) is 11.3. The number of H-pyrrole nitrogens is 1. The molecule has 0 saturated carbocycles. The molecule has 3 rings (SSSR count). The van der Waals surface area contributed by atoms with Crippen LogP contribution in [-0.2, 0) is 16.6 Å². The normalized spacial score (nSPS) is 12.7. The monoisotopic (exact) mass is 337 g/mol. The third-order valence-electron chi connectivity index (χ3n) is 3.12.